The molecule has 21 heavy (non-hydrogen) atoms. The van der Waals surface area contributed by atoms with Gasteiger partial charge in [0, 0.05) is 18.7 Å². The van der Waals surface area contributed by atoms with Crippen LogP contribution in [0.15, 0.2) is 21.5 Å². The molecule has 0 bridgehead atoms. The van der Waals surface area contributed by atoms with Gasteiger partial charge in [-0.15, -0.1) is 0 Å². The number of carbonyl (C=O) groups is 1. The molecule has 2 rings (SSSR count). The number of carbonyl (C=O) groups excluding carboxylic acids is 1. The molecule has 2 N–H and O–H groups in total. The lowest BCUT2D eigenvalue weighted by Gasteiger charge is -2.30. The van der Waals surface area contributed by atoms with Gasteiger partial charge in [-0.3, -0.25) is 4.79 Å². The van der Waals surface area contributed by atoms with Crippen molar-refractivity contribution < 1.29 is 13.2 Å². The van der Waals surface area contributed by atoms with E-state index in [1.165, 1.54) is 12.1 Å². The van der Waals surface area contributed by atoms with Crippen molar-refractivity contribution in [2.45, 2.75) is 24.7 Å². The zero-order valence-electron chi connectivity index (χ0n) is 11.5. The second kappa shape index (κ2) is 6.24. The van der Waals surface area contributed by atoms with Crippen LogP contribution in [0.1, 0.15) is 30.1 Å². The highest BCUT2D eigenvalue weighted by Crippen LogP contribution is 2.31. The first-order valence-corrected chi connectivity index (χ1v) is 9.23. The van der Waals surface area contributed by atoms with Crippen molar-refractivity contribution in [3.8, 4) is 0 Å². The van der Waals surface area contributed by atoms with E-state index >= 15 is 0 Å². The molecule has 1 aliphatic heterocycles. The van der Waals surface area contributed by atoms with Crippen LogP contribution in [-0.2, 0) is 10.0 Å². The lowest BCUT2D eigenvalue weighted by atomic mass is 9.98. The fourth-order valence-electron chi connectivity index (χ4n) is 2.29. The average molecular weight is 396 g/mol. The number of amides is 1. The quantitative estimate of drug-likeness (QED) is 0.836. The monoisotopic (exact) mass is 394 g/mol. The van der Waals surface area contributed by atoms with Crippen molar-refractivity contribution in [2.75, 3.05) is 13.1 Å². The predicted octanol–water partition coefficient (Wildman–Crippen LogP) is 2.62. The first-order valence-electron chi connectivity index (χ1n) is 6.51. The highest BCUT2D eigenvalue weighted by Gasteiger charge is 2.24. The van der Waals surface area contributed by atoms with Crippen LogP contribution in [0.3, 0.4) is 0 Å². The van der Waals surface area contributed by atoms with Gasteiger partial charge in [-0.05, 0) is 46.8 Å². The molecule has 0 aromatic heterocycles. The molecule has 1 saturated heterocycles. The zero-order chi connectivity index (χ0) is 15.8. The van der Waals surface area contributed by atoms with E-state index < -0.39 is 10.0 Å². The number of likely N-dealkylation sites (tertiary alicyclic amines) is 1. The summed E-state index contributed by atoms with van der Waals surface area (Å²) in [5.41, 5.74) is 0.238. The Kier molecular flexibility index (Phi) is 4.97. The van der Waals surface area contributed by atoms with Crippen LogP contribution in [0.25, 0.3) is 0 Å². The third-order valence-electron chi connectivity index (χ3n) is 3.62. The largest absolute Gasteiger partial charge is 0.339 e. The van der Waals surface area contributed by atoms with Gasteiger partial charge >= 0.3 is 0 Å². The van der Waals surface area contributed by atoms with Gasteiger partial charge in [0.1, 0.15) is 0 Å². The molecule has 0 radical (unpaired) electrons. The number of nitrogens with zero attached hydrogens (tertiary/aromatic N) is 1. The smallest absolute Gasteiger partial charge is 0.253 e. The summed E-state index contributed by atoms with van der Waals surface area (Å²) in [4.78, 5) is 14.0. The van der Waals surface area contributed by atoms with E-state index in [2.05, 4.69) is 22.9 Å². The van der Waals surface area contributed by atoms with Crippen molar-refractivity contribution >= 4 is 43.5 Å². The molecule has 0 saturated carbocycles. The molecule has 1 aromatic rings. The molecule has 1 aromatic carbocycles. The fraction of sp³-hybridized carbons (Fsp3) is 0.462. The number of primary sulfonamides is 1. The van der Waals surface area contributed by atoms with Gasteiger partial charge in [-0.1, -0.05) is 18.5 Å². The number of piperidine rings is 1. The number of halogens is 2. The molecule has 8 heteroatoms. The molecule has 0 spiro atoms. The Hall–Kier alpha value is -0.630. The summed E-state index contributed by atoms with van der Waals surface area (Å²) < 4.78 is 23.3. The standard InChI is InChI=1S/C13H16BrClN2O3S/c1-8-2-4-17(5-3-8)13(18)9-6-10(15)12(14)11(7-9)21(16,19)20/h6-8H,2-5H2,1H3,(H2,16,19,20). The molecule has 0 unspecified atom stereocenters. The van der Waals surface area contributed by atoms with Crippen LogP contribution in [0.2, 0.25) is 5.02 Å². The number of hydrogen-bond donors (Lipinski definition) is 1. The van der Waals surface area contributed by atoms with E-state index in [1.54, 1.807) is 4.90 Å². The van der Waals surface area contributed by atoms with Gasteiger partial charge in [-0.2, -0.15) is 0 Å². The third-order valence-corrected chi connectivity index (χ3v) is 6.20. The van der Waals surface area contributed by atoms with Crippen LogP contribution in [0.5, 0.6) is 0 Å². The van der Waals surface area contributed by atoms with Crippen molar-refractivity contribution in [3.05, 3.63) is 27.2 Å². The summed E-state index contributed by atoms with van der Waals surface area (Å²) >= 11 is 9.08. The topological polar surface area (TPSA) is 80.5 Å². The predicted molar refractivity (Wildman–Crippen MR) is 84.8 cm³/mol. The molecule has 116 valence electrons. The minimum atomic E-state index is -3.95. The van der Waals surface area contributed by atoms with Crippen molar-refractivity contribution in [3.63, 3.8) is 0 Å². The third kappa shape index (κ3) is 3.77. The lowest BCUT2D eigenvalue weighted by molar-refractivity contribution is 0.0697. The number of rotatable bonds is 2. The molecular weight excluding hydrogens is 380 g/mol. The summed E-state index contributed by atoms with van der Waals surface area (Å²) in [5.74, 6) is 0.378. The van der Waals surface area contributed by atoms with Crippen LogP contribution in [0, 0.1) is 5.92 Å². The maximum Gasteiger partial charge on any atom is 0.253 e. The zero-order valence-corrected chi connectivity index (χ0v) is 14.6. The highest BCUT2D eigenvalue weighted by atomic mass is 79.9. The summed E-state index contributed by atoms with van der Waals surface area (Å²) in [6, 6.07) is 2.73. The van der Waals surface area contributed by atoms with Gasteiger partial charge in [0.15, 0.2) is 0 Å². The van der Waals surface area contributed by atoms with Gasteiger partial charge in [-0.25, -0.2) is 13.6 Å². The van der Waals surface area contributed by atoms with Crippen LogP contribution >= 0.6 is 27.5 Å². The Labute approximate surface area is 137 Å². The van der Waals surface area contributed by atoms with E-state index in [0.29, 0.717) is 19.0 Å². The average Bonchev–Trinajstić information content (AvgIpc) is 2.40. The van der Waals surface area contributed by atoms with Gasteiger partial charge in [0.25, 0.3) is 5.91 Å². The minimum Gasteiger partial charge on any atom is -0.339 e. The van der Waals surface area contributed by atoms with Crippen LogP contribution < -0.4 is 5.14 Å². The number of benzene rings is 1. The highest BCUT2D eigenvalue weighted by molar-refractivity contribution is 9.10. The minimum absolute atomic E-state index is 0.148. The van der Waals surface area contributed by atoms with Crippen LogP contribution in [0.4, 0.5) is 0 Å². The summed E-state index contributed by atoms with van der Waals surface area (Å²) in [5, 5.41) is 5.30. The van der Waals surface area contributed by atoms with E-state index in [1.807, 2.05) is 0 Å². The Morgan fingerprint density at radius 3 is 2.48 bits per heavy atom. The molecule has 1 amide bonds. The summed E-state index contributed by atoms with van der Waals surface area (Å²) in [6.45, 7) is 3.48. The molecule has 5 nitrogen and oxygen atoms in total. The number of nitrogens with two attached hydrogens (primary N) is 1. The van der Waals surface area contributed by atoms with E-state index in [-0.39, 0.29) is 25.9 Å². The second-order valence-corrected chi connectivity index (χ2v) is 8.02. The van der Waals surface area contributed by atoms with Crippen LogP contribution in [-0.4, -0.2) is 32.3 Å². The van der Waals surface area contributed by atoms with E-state index in [9.17, 15) is 13.2 Å². The van der Waals surface area contributed by atoms with Gasteiger partial charge in [0.05, 0.1) is 14.4 Å². The Morgan fingerprint density at radius 2 is 1.95 bits per heavy atom. The second-order valence-electron chi connectivity index (χ2n) is 5.29. The maximum absolute atomic E-state index is 12.5. The van der Waals surface area contributed by atoms with Crippen molar-refractivity contribution in [1.82, 2.24) is 4.90 Å². The van der Waals surface area contributed by atoms with Crippen molar-refractivity contribution in [2.24, 2.45) is 11.1 Å². The molecule has 1 heterocycles. The molecule has 0 aliphatic carbocycles. The fourth-order valence-corrected chi connectivity index (χ4v) is 4.12. The Balaban J connectivity index is 2.36. The summed E-state index contributed by atoms with van der Waals surface area (Å²) in [6.07, 6.45) is 1.89. The molecule has 1 fully saturated rings. The van der Waals surface area contributed by atoms with Crippen molar-refractivity contribution in [1.29, 1.82) is 0 Å². The maximum atomic E-state index is 12.5. The Bertz CT molecular complexity index is 670. The molecule has 1 aliphatic rings. The van der Waals surface area contributed by atoms with Gasteiger partial charge in [0.2, 0.25) is 10.0 Å². The normalized spacial score (nSPS) is 17.0. The molecule has 0 atom stereocenters. The summed E-state index contributed by atoms with van der Waals surface area (Å²) in [7, 11) is -3.95. The van der Waals surface area contributed by atoms with E-state index in [0.717, 1.165) is 12.8 Å². The Morgan fingerprint density at radius 1 is 1.38 bits per heavy atom. The SMILES string of the molecule is CC1CCN(C(=O)c2cc(Cl)c(Br)c(S(N)(=O)=O)c2)CC1. The van der Waals surface area contributed by atoms with Gasteiger partial charge < -0.3 is 4.90 Å². The number of hydrogen-bond acceptors (Lipinski definition) is 3. The lowest BCUT2D eigenvalue weighted by Crippen LogP contribution is -2.38. The first-order chi connectivity index (χ1) is 9.70. The van der Waals surface area contributed by atoms with E-state index in [4.69, 9.17) is 16.7 Å². The number of sulfonamides is 1. The molecular formula is C13H16BrClN2O3S. The first kappa shape index (κ1) is 16.7.